The Hall–Kier alpha value is -3.78. The average Bonchev–Trinajstić information content (AvgIpc) is 3.32. The quantitative estimate of drug-likeness (QED) is 0.259. The lowest BCUT2D eigenvalue weighted by molar-refractivity contribution is -0.384. The van der Waals surface area contributed by atoms with Crippen molar-refractivity contribution in [1.82, 2.24) is 9.80 Å². The fourth-order valence-corrected chi connectivity index (χ4v) is 3.92. The van der Waals surface area contributed by atoms with Gasteiger partial charge in [-0.1, -0.05) is 48.5 Å². The van der Waals surface area contributed by atoms with Crippen molar-refractivity contribution in [3.8, 4) is 0 Å². The lowest BCUT2D eigenvalue weighted by Gasteiger charge is -2.27. The van der Waals surface area contributed by atoms with E-state index in [0.29, 0.717) is 13.1 Å². The smallest absolute Gasteiger partial charge is 0.270 e. The molecule has 1 heterocycles. The third kappa shape index (κ3) is 6.12. The standard InChI is InChI=1S/C24H23N3O4S/c1-2-13-25(24(29)20-10-6-11-21(15-20)27(30)31)18-23(28)26(17-22-12-7-14-32-22)16-19-8-4-3-5-9-19/h2-12,14-15H,1,13,16-18H2. The van der Waals surface area contributed by atoms with Gasteiger partial charge in [-0.15, -0.1) is 17.9 Å². The molecule has 3 rings (SSSR count). The minimum atomic E-state index is -0.553. The van der Waals surface area contributed by atoms with Crippen molar-refractivity contribution in [2.45, 2.75) is 13.1 Å². The van der Waals surface area contributed by atoms with Gasteiger partial charge in [0.05, 0.1) is 11.5 Å². The van der Waals surface area contributed by atoms with Crippen LogP contribution in [0.1, 0.15) is 20.8 Å². The van der Waals surface area contributed by atoms with Crippen molar-refractivity contribution < 1.29 is 14.5 Å². The molecule has 0 unspecified atom stereocenters. The van der Waals surface area contributed by atoms with Crippen LogP contribution in [0.2, 0.25) is 0 Å². The number of thiophene rings is 1. The second-order valence-corrected chi connectivity index (χ2v) is 8.13. The van der Waals surface area contributed by atoms with Gasteiger partial charge < -0.3 is 9.80 Å². The van der Waals surface area contributed by atoms with Crippen LogP contribution in [-0.4, -0.2) is 39.6 Å². The Morgan fingerprint density at radius 1 is 1.00 bits per heavy atom. The van der Waals surface area contributed by atoms with Crippen molar-refractivity contribution in [1.29, 1.82) is 0 Å². The van der Waals surface area contributed by atoms with E-state index in [2.05, 4.69) is 6.58 Å². The van der Waals surface area contributed by atoms with Gasteiger partial charge in [0.25, 0.3) is 11.6 Å². The zero-order valence-corrected chi connectivity index (χ0v) is 18.2. The van der Waals surface area contributed by atoms with Gasteiger partial charge in [0.15, 0.2) is 0 Å². The molecule has 0 saturated heterocycles. The Bertz CT molecular complexity index is 1080. The highest BCUT2D eigenvalue weighted by Gasteiger charge is 2.23. The van der Waals surface area contributed by atoms with Gasteiger partial charge in [0, 0.05) is 35.7 Å². The Kier molecular flexibility index (Phi) is 7.88. The van der Waals surface area contributed by atoms with Crippen molar-refractivity contribution in [3.63, 3.8) is 0 Å². The SMILES string of the molecule is C=CCN(CC(=O)N(Cc1ccccc1)Cc1cccs1)C(=O)c1cccc([N+](=O)[O-])c1. The maximum atomic E-state index is 13.3. The molecule has 32 heavy (non-hydrogen) atoms. The van der Waals surface area contributed by atoms with Gasteiger partial charge in [-0.2, -0.15) is 0 Å². The van der Waals surface area contributed by atoms with Crippen LogP contribution in [0.25, 0.3) is 0 Å². The monoisotopic (exact) mass is 449 g/mol. The first-order valence-electron chi connectivity index (χ1n) is 9.96. The molecule has 2 amide bonds. The van der Waals surface area contributed by atoms with Crippen molar-refractivity contribution in [3.05, 3.63) is 111 Å². The van der Waals surface area contributed by atoms with Crippen LogP contribution in [0.5, 0.6) is 0 Å². The van der Waals surface area contributed by atoms with Gasteiger partial charge >= 0.3 is 0 Å². The molecule has 1 aromatic heterocycles. The van der Waals surface area contributed by atoms with Crippen molar-refractivity contribution in [2.75, 3.05) is 13.1 Å². The van der Waals surface area contributed by atoms with Crippen LogP contribution in [0.4, 0.5) is 5.69 Å². The Morgan fingerprint density at radius 2 is 1.78 bits per heavy atom. The maximum absolute atomic E-state index is 13.3. The molecule has 8 heteroatoms. The van der Waals surface area contributed by atoms with E-state index in [4.69, 9.17) is 0 Å². The summed E-state index contributed by atoms with van der Waals surface area (Å²) in [6, 6.07) is 19.0. The molecule has 0 aliphatic carbocycles. The van der Waals surface area contributed by atoms with Crippen molar-refractivity contribution >= 4 is 28.8 Å². The number of amides is 2. The molecule has 0 aliphatic rings. The molecule has 0 radical (unpaired) electrons. The van der Waals surface area contributed by atoms with Crippen molar-refractivity contribution in [2.24, 2.45) is 0 Å². The number of benzene rings is 2. The third-order valence-electron chi connectivity index (χ3n) is 4.76. The normalized spacial score (nSPS) is 10.4. The fraction of sp³-hybridized carbons (Fsp3) is 0.167. The molecule has 2 aromatic carbocycles. The zero-order valence-electron chi connectivity index (χ0n) is 17.4. The number of carbonyl (C=O) groups excluding carboxylic acids is 2. The lowest BCUT2D eigenvalue weighted by Crippen LogP contribution is -2.42. The summed E-state index contributed by atoms with van der Waals surface area (Å²) in [7, 11) is 0. The molecular formula is C24H23N3O4S. The van der Waals surface area contributed by atoms with E-state index < -0.39 is 10.8 Å². The highest BCUT2D eigenvalue weighted by Crippen LogP contribution is 2.17. The topological polar surface area (TPSA) is 83.8 Å². The number of hydrogen-bond donors (Lipinski definition) is 0. The number of non-ortho nitro benzene ring substituents is 1. The number of nitrogens with zero attached hydrogens (tertiary/aromatic N) is 3. The van der Waals surface area contributed by atoms with Gasteiger partial charge in [-0.25, -0.2) is 0 Å². The van der Waals surface area contributed by atoms with E-state index in [1.165, 1.54) is 35.2 Å². The number of nitro benzene ring substituents is 1. The summed E-state index contributed by atoms with van der Waals surface area (Å²) in [5.74, 6) is -0.680. The Labute approximate surface area is 190 Å². The summed E-state index contributed by atoms with van der Waals surface area (Å²) in [6.45, 7) is 4.50. The molecule has 0 fully saturated rings. The summed E-state index contributed by atoms with van der Waals surface area (Å²) in [6.07, 6.45) is 1.53. The second kappa shape index (κ2) is 11.0. The summed E-state index contributed by atoms with van der Waals surface area (Å²) in [4.78, 5) is 40.9. The molecular weight excluding hydrogens is 426 g/mol. The number of hydrogen-bond acceptors (Lipinski definition) is 5. The van der Waals surface area contributed by atoms with Gasteiger partial charge in [0.1, 0.15) is 6.54 Å². The predicted molar refractivity (Wildman–Crippen MR) is 124 cm³/mol. The molecule has 0 atom stereocenters. The fourth-order valence-electron chi connectivity index (χ4n) is 3.20. The highest BCUT2D eigenvalue weighted by atomic mass is 32.1. The minimum Gasteiger partial charge on any atom is -0.332 e. The molecule has 0 spiro atoms. The summed E-state index contributed by atoms with van der Waals surface area (Å²) in [5.41, 5.74) is 0.962. The second-order valence-electron chi connectivity index (χ2n) is 7.10. The van der Waals surface area contributed by atoms with E-state index in [1.807, 2.05) is 47.8 Å². The summed E-state index contributed by atoms with van der Waals surface area (Å²) in [5, 5.41) is 13.0. The average molecular weight is 450 g/mol. The minimum absolute atomic E-state index is 0.144. The van der Waals surface area contributed by atoms with E-state index in [-0.39, 0.29) is 30.2 Å². The molecule has 164 valence electrons. The summed E-state index contributed by atoms with van der Waals surface area (Å²) >= 11 is 1.56. The van der Waals surface area contributed by atoms with Crippen LogP contribution in [0.3, 0.4) is 0 Å². The van der Waals surface area contributed by atoms with E-state index in [9.17, 15) is 19.7 Å². The molecule has 7 nitrogen and oxygen atoms in total. The predicted octanol–water partition coefficient (Wildman–Crippen LogP) is 4.51. The van der Waals surface area contributed by atoms with Crippen LogP contribution in [-0.2, 0) is 17.9 Å². The highest BCUT2D eigenvalue weighted by molar-refractivity contribution is 7.09. The molecule has 3 aromatic rings. The lowest BCUT2D eigenvalue weighted by atomic mass is 10.1. The molecule has 0 N–H and O–H groups in total. The van der Waals surface area contributed by atoms with Gasteiger partial charge in [-0.3, -0.25) is 19.7 Å². The number of nitro groups is 1. The van der Waals surface area contributed by atoms with Crippen LogP contribution in [0.15, 0.2) is 84.8 Å². The molecule has 0 bridgehead atoms. The molecule has 0 aliphatic heterocycles. The van der Waals surface area contributed by atoms with E-state index in [1.54, 1.807) is 16.2 Å². The first-order chi connectivity index (χ1) is 15.5. The Morgan fingerprint density at radius 3 is 2.44 bits per heavy atom. The largest absolute Gasteiger partial charge is 0.332 e. The molecule has 0 saturated carbocycles. The van der Waals surface area contributed by atoms with Gasteiger partial charge in [0.2, 0.25) is 5.91 Å². The Balaban J connectivity index is 1.80. The maximum Gasteiger partial charge on any atom is 0.270 e. The van der Waals surface area contributed by atoms with Crippen LogP contribution >= 0.6 is 11.3 Å². The number of rotatable bonds is 10. The number of carbonyl (C=O) groups is 2. The van der Waals surface area contributed by atoms with E-state index in [0.717, 1.165) is 10.4 Å². The van der Waals surface area contributed by atoms with Crippen LogP contribution < -0.4 is 0 Å². The zero-order chi connectivity index (χ0) is 22.9. The first kappa shape index (κ1) is 22.9. The van der Waals surface area contributed by atoms with E-state index >= 15 is 0 Å². The third-order valence-corrected chi connectivity index (χ3v) is 5.62. The van der Waals surface area contributed by atoms with Crippen LogP contribution in [0, 0.1) is 10.1 Å². The van der Waals surface area contributed by atoms with Gasteiger partial charge in [-0.05, 0) is 23.1 Å². The first-order valence-corrected chi connectivity index (χ1v) is 10.8. The summed E-state index contributed by atoms with van der Waals surface area (Å²) < 4.78 is 0.